The van der Waals surface area contributed by atoms with E-state index >= 15 is 0 Å². The molecule has 16 heteroatoms. The summed E-state index contributed by atoms with van der Waals surface area (Å²) in [6.45, 7) is 21.3. The minimum Gasteiger partial charge on any atom is -0.488 e. The highest BCUT2D eigenvalue weighted by molar-refractivity contribution is 5.90. The Kier molecular flexibility index (Phi) is 13.9. The Morgan fingerprint density at radius 3 is 1.37 bits per heavy atom. The van der Waals surface area contributed by atoms with E-state index in [0.717, 1.165) is 105 Å². The molecule has 68 heavy (non-hydrogen) atoms. The number of H-pyrrole nitrogens is 2. The number of amides is 4. The molecule has 16 nitrogen and oxygen atoms in total. The van der Waals surface area contributed by atoms with Crippen LogP contribution in [0, 0.1) is 11.8 Å². The Hall–Kier alpha value is -6.06. The van der Waals surface area contributed by atoms with E-state index in [2.05, 4.69) is 86.4 Å². The van der Waals surface area contributed by atoms with Crippen molar-refractivity contribution in [2.45, 2.75) is 169 Å². The van der Waals surface area contributed by atoms with Crippen molar-refractivity contribution in [2.24, 2.45) is 11.8 Å². The molecule has 0 saturated carbocycles. The molecule has 2 fully saturated rings. The van der Waals surface area contributed by atoms with Gasteiger partial charge in [0, 0.05) is 56.9 Å². The second-order valence-electron chi connectivity index (χ2n) is 20.0. The first-order chi connectivity index (χ1) is 32.5. The van der Waals surface area contributed by atoms with Crippen LogP contribution in [0.5, 0.6) is 11.5 Å². The first-order valence-electron chi connectivity index (χ1n) is 24.6. The summed E-state index contributed by atoms with van der Waals surface area (Å²) in [4.78, 5) is 75.1. The van der Waals surface area contributed by atoms with Crippen molar-refractivity contribution in [1.29, 1.82) is 0 Å². The molecule has 0 radical (unpaired) electrons. The van der Waals surface area contributed by atoms with Crippen LogP contribution < -0.4 is 20.1 Å². The fourth-order valence-corrected chi connectivity index (χ4v) is 10.7. The third kappa shape index (κ3) is 8.79. The van der Waals surface area contributed by atoms with E-state index in [9.17, 15) is 19.2 Å². The smallest absolute Gasteiger partial charge is 0.407 e. The Labute approximate surface area is 400 Å². The van der Waals surface area contributed by atoms with E-state index in [-0.39, 0.29) is 59.7 Å². The normalized spacial score (nSPS) is 21.1. The molecule has 6 heterocycles. The van der Waals surface area contributed by atoms with Gasteiger partial charge in [-0.2, -0.15) is 0 Å². The summed E-state index contributed by atoms with van der Waals surface area (Å²) >= 11 is 0. The maximum Gasteiger partial charge on any atom is 0.407 e. The zero-order chi connectivity index (χ0) is 48.9. The van der Waals surface area contributed by atoms with Crippen LogP contribution in [0.2, 0.25) is 0 Å². The zero-order valence-corrected chi connectivity index (χ0v) is 41.8. The van der Waals surface area contributed by atoms with Crippen molar-refractivity contribution >= 4 is 24.0 Å². The number of benzene rings is 2. The Morgan fingerprint density at radius 2 is 1.03 bits per heavy atom. The lowest BCUT2D eigenvalue weighted by Gasteiger charge is -2.33. The molecule has 4 aliphatic rings. The number of aromatic nitrogens is 4. The largest absolute Gasteiger partial charge is 0.488 e. The SMILES string of the molecule is CC[C@H](C)[C@H](NC(=O)OC)C(=O)N1[C@@H](C)CC[C@H]1c1nc(-c2cc3c4c(c2)OCc2cc(-c5nc([C@@H]6CC[C@H](C)N6C(=O)[C@@H](NC(=O)OC)[C@@H](C)CC)[nH]c5C(C)C)cc(c2-4)OC3)c(C(C)C)[nH]1. The fraction of sp³-hybridized carbons (Fsp3) is 0.577. The van der Waals surface area contributed by atoms with Crippen molar-refractivity contribution in [3.05, 3.63) is 58.4 Å². The van der Waals surface area contributed by atoms with Gasteiger partial charge < -0.3 is 49.3 Å². The molecule has 8 atom stereocenters. The highest BCUT2D eigenvalue weighted by atomic mass is 16.5. The van der Waals surface area contributed by atoms with Crippen molar-refractivity contribution in [1.82, 2.24) is 40.4 Å². The number of carbonyl (C=O) groups excluding carboxylic acids is 4. The van der Waals surface area contributed by atoms with E-state index in [4.69, 9.17) is 28.9 Å². The Morgan fingerprint density at radius 1 is 0.647 bits per heavy atom. The van der Waals surface area contributed by atoms with Crippen LogP contribution in [-0.4, -0.2) is 92.1 Å². The second-order valence-corrected chi connectivity index (χ2v) is 20.0. The lowest BCUT2D eigenvalue weighted by molar-refractivity contribution is -0.138. The highest BCUT2D eigenvalue weighted by Gasteiger charge is 2.44. The van der Waals surface area contributed by atoms with E-state index in [1.54, 1.807) is 0 Å². The third-order valence-electron chi connectivity index (χ3n) is 14.9. The third-order valence-corrected chi connectivity index (χ3v) is 14.9. The highest BCUT2D eigenvalue weighted by Crippen LogP contribution is 2.52. The summed E-state index contributed by atoms with van der Waals surface area (Å²) in [6, 6.07) is 6.33. The Balaban J connectivity index is 1.11. The average molecular weight is 935 g/mol. The van der Waals surface area contributed by atoms with Crippen LogP contribution in [-0.2, 0) is 32.3 Å². The minimum atomic E-state index is -0.728. The molecule has 4 N–H and O–H groups in total. The van der Waals surface area contributed by atoms with Crippen LogP contribution >= 0.6 is 0 Å². The predicted molar refractivity (Wildman–Crippen MR) is 258 cm³/mol. The molecule has 2 aromatic heterocycles. The summed E-state index contributed by atoms with van der Waals surface area (Å²) in [7, 11) is 2.62. The minimum absolute atomic E-state index is 0.0436. The molecule has 2 saturated heterocycles. The average Bonchev–Trinajstić information content (AvgIpc) is 4.15. The number of nitrogens with zero attached hydrogens (tertiary/aromatic N) is 4. The summed E-state index contributed by atoms with van der Waals surface area (Å²) < 4.78 is 23.1. The number of methoxy groups -OCH3 is 2. The second kappa shape index (κ2) is 19.5. The molecule has 4 aromatic rings. The summed E-state index contributed by atoms with van der Waals surface area (Å²) in [5.41, 5.74) is 9.38. The predicted octanol–water partition coefficient (Wildman–Crippen LogP) is 9.81. The number of imidazole rings is 2. The van der Waals surface area contributed by atoms with Gasteiger partial charge in [-0.25, -0.2) is 19.6 Å². The first kappa shape index (κ1) is 48.4. The monoisotopic (exact) mass is 935 g/mol. The number of ether oxygens (including phenoxy) is 4. The van der Waals surface area contributed by atoms with Gasteiger partial charge >= 0.3 is 12.2 Å². The summed E-state index contributed by atoms with van der Waals surface area (Å²) in [5.74, 6) is 2.70. The van der Waals surface area contributed by atoms with Crippen LogP contribution in [0.15, 0.2) is 24.3 Å². The number of hydrogen-bond donors (Lipinski definition) is 4. The van der Waals surface area contributed by atoms with Crippen LogP contribution in [0.25, 0.3) is 33.6 Å². The molecule has 0 unspecified atom stereocenters. The van der Waals surface area contributed by atoms with E-state index < -0.39 is 24.3 Å². The van der Waals surface area contributed by atoms with Crippen LogP contribution in [0.4, 0.5) is 9.59 Å². The number of alkyl carbamates (subject to hydrolysis) is 2. The van der Waals surface area contributed by atoms with Crippen molar-refractivity contribution < 1.29 is 38.1 Å². The lowest BCUT2D eigenvalue weighted by Crippen LogP contribution is -2.53. The molecule has 0 spiro atoms. The van der Waals surface area contributed by atoms with Gasteiger partial charge in [0.2, 0.25) is 11.8 Å². The summed E-state index contributed by atoms with van der Waals surface area (Å²) in [5, 5.41) is 5.62. The van der Waals surface area contributed by atoms with Gasteiger partial charge in [0.25, 0.3) is 0 Å². The molecular weight excluding hydrogens is 865 g/mol. The maximum atomic E-state index is 14.3. The van der Waals surface area contributed by atoms with Gasteiger partial charge in [0.1, 0.15) is 48.4 Å². The van der Waals surface area contributed by atoms with Gasteiger partial charge in [-0.1, -0.05) is 68.2 Å². The van der Waals surface area contributed by atoms with Crippen LogP contribution in [0.1, 0.15) is 166 Å². The van der Waals surface area contributed by atoms with Gasteiger partial charge in [-0.05, 0) is 87.5 Å². The number of carbonyl (C=O) groups is 4. The molecule has 8 rings (SSSR count). The van der Waals surface area contributed by atoms with Crippen molar-refractivity contribution in [2.75, 3.05) is 14.2 Å². The number of nitrogens with one attached hydrogen (secondary N) is 4. The number of likely N-dealkylation sites (tertiary alicyclic amines) is 2. The molecular formula is C52H70N8O8. The topological polar surface area (TPSA) is 193 Å². The molecule has 0 aliphatic carbocycles. The van der Waals surface area contributed by atoms with Crippen molar-refractivity contribution in [3.63, 3.8) is 0 Å². The standard InChI is InChI=1S/C52H70N8O8/c1-13-27(7)43(57-51(63)65-11)49(61)59-29(9)15-17-35(59)47-53-41(25(3)4)45(55-47)31-19-33-23-68-38-22-32(20-34-24-67-37(21-31)39(33)40(34)38)46-42(26(5)6)54-48(56-46)36-18-16-30(10)60(36)50(62)44(28(8)14-2)58-52(64)66-12/h19-22,25-30,35-36,43-44H,13-18,23-24H2,1-12H3,(H,53,55)(H,54,56)(H,57,63)(H,58,64)/t27-,28-,29-,30-,35-,36-,43-,44-/m0/s1. The van der Waals surface area contributed by atoms with Crippen LogP contribution in [0.3, 0.4) is 0 Å². The lowest BCUT2D eigenvalue weighted by atomic mass is 9.87. The molecule has 4 amide bonds. The quantitative estimate of drug-likeness (QED) is 0.0946. The summed E-state index contributed by atoms with van der Waals surface area (Å²) in [6.07, 6.45) is 3.26. The molecule has 2 aromatic carbocycles. The van der Waals surface area contributed by atoms with E-state index in [1.165, 1.54) is 14.2 Å². The van der Waals surface area contributed by atoms with E-state index in [0.29, 0.717) is 26.1 Å². The first-order valence-corrected chi connectivity index (χ1v) is 24.6. The Bertz CT molecular complexity index is 2340. The molecule has 0 bridgehead atoms. The van der Waals surface area contributed by atoms with Gasteiger partial charge in [-0.15, -0.1) is 0 Å². The van der Waals surface area contributed by atoms with Gasteiger partial charge in [0.15, 0.2) is 0 Å². The molecule has 366 valence electrons. The van der Waals surface area contributed by atoms with E-state index in [1.807, 2.05) is 37.5 Å². The fourth-order valence-electron chi connectivity index (χ4n) is 10.7. The van der Waals surface area contributed by atoms with Gasteiger partial charge in [-0.3, -0.25) is 9.59 Å². The number of aromatic amines is 2. The zero-order valence-electron chi connectivity index (χ0n) is 41.8. The molecule has 4 aliphatic heterocycles. The maximum absolute atomic E-state index is 14.3. The number of hydrogen-bond acceptors (Lipinski definition) is 10. The van der Waals surface area contributed by atoms with Gasteiger partial charge in [0.05, 0.1) is 37.7 Å². The van der Waals surface area contributed by atoms with Crippen molar-refractivity contribution in [3.8, 4) is 45.1 Å². The number of rotatable bonds is 14.